The maximum Gasteiger partial charge on any atom is 0.133 e. The van der Waals surface area contributed by atoms with Crippen LogP contribution in [0.15, 0.2) is 36.5 Å². The van der Waals surface area contributed by atoms with Crippen LogP contribution in [-0.4, -0.2) is 23.2 Å². The summed E-state index contributed by atoms with van der Waals surface area (Å²) in [5, 5.41) is 18.3. The maximum absolute atomic E-state index is 9.61. The molecular formula is C18H16ClN5. The largest absolute Gasteiger partial charge is 0.373 e. The van der Waals surface area contributed by atoms with Gasteiger partial charge in [0.1, 0.15) is 17.5 Å². The van der Waals surface area contributed by atoms with Crippen molar-refractivity contribution < 1.29 is 0 Å². The molecule has 0 amide bonds. The molecule has 6 heteroatoms. The highest BCUT2D eigenvalue weighted by Gasteiger charge is 2.27. The number of nitrogens with zero attached hydrogens (tertiary/aromatic N) is 4. The van der Waals surface area contributed by atoms with E-state index in [1.807, 2.05) is 41.9 Å². The number of nitriles is 1. The summed E-state index contributed by atoms with van der Waals surface area (Å²) in [7, 11) is 2.03. The maximum atomic E-state index is 9.61. The van der Waals surface area contributed by atoms with Gasteiger partial charge in [0.25, 0.3) is 0 Å². The topological polar surface area (TPSA) is 56.4 Å². The first-order chi connectivity index (χ1) is 11.7. The lowest BCUT2D eigenvalue weighted by Crippen LogP contribution is -2.14. The summed E-state index contributed by atoms with van der Waals surface area (Å²) in [5.74, 6) is 0.961. The Morgan fingerprint density at radius 3 is 2.83 bits per heavy atom. The summed E-state index contributed by atoms with van der Waals surface area (Å²) < 4.78 is 1.84. The Morgan fingerprint density at radius 2 is 2.08 bits per heavy atom. The molecule has 0 aliphatic carbocycles. The molecule has 0 atom stereocenters. The molecule has 3 heterocycles. The molecule has 24 heavy (non-hydrogen) atoms. The highest BCUT2D eigenvalue weighted by molar-refractivity contribution is 6.30. The van der Waals surface area contributed by atoms with E-state index in [2.05, 4.69) is 21.4 Å². The van der Waals surface area contributed by atoms with Gasteiger partial charge in [-0.05, 0) is 30.2 Å². The van der Waals surface area contributed by atoms with Crippen molar-refractivity contribution in [3.63, 3.8) is 0 Å². The lowest BCUT2D eigenvalue weighted by atomic mass is 10.1. The molecule has 0 bridgehead atoms. The zero-order valence-corrected chi connectivity index (χ0v) is 14.0. The van der Waals surface area contributed by atoms with Crippen molar-refractivity contribution in [2.75, 3.05) is 23.8 Å². The van der Waals surface area contributed by atoms with Crippen LogP contribution in [0.1, 0.15) is 16.7 Å². The lowest BCUT2D eigenvalue weighted by Gasteiger charge is -2.18. The minimum Gasteiger partial charge on any atom is -0.373 e. The van der Waals surface area contributed by atoms with Gasteiger partial charge >= 0.3 is 0 Å². The summed E-state index contributed by atoms with van der Waals surface area (Å²) in [6.45, 7) is 1.58. The first kappa shape index (κ1) is 14.9. The van der Waals surface area contributed by atoms with Gasteiger partial charge < -0.3 is 10.2 Å². The Balaban J connectivity index is 1.79. The Kier molecular flexibility index (Phi) is 3.55. The summed E-state index contributed by atoms with van der Waals surface area (Å²) >= 11 is 5.95. The summed E-state index contributed by atoms with van der Waals surface area (Å²) in [4.78, 5) is 2.15. The van der Waals surface area contributed by atoms with Crippen molar-refractivity contribution in [3.8, 4) is 6.07 Å². The van der Waals surface area contributed by atoms with Crippen LogP contribution in [0.3, 0.4) is 0 Å². The van der Waals surface area contributed by atoms with Gasteiger partial charge in [-0.25, -0.2) is 4.52 Å². The number of rotatable bonds is 3. The average Bonchev–Trinajstić information content (AvgIpc) is 3.21. The molecule has 1 aromatic carbocycles. The van der Waals surface area contributed by atoms with Crippen molar-refractivity contribution in [3.05, 3.63) is 58.2 Å². The number of benzene rings is 1. The van der Waals surface area contributed by atoms with Crippen LogP contribution in [0.2, 0.25) is 5.02 Å². The van der Waals surface area contributed by atoms with Crippen LogP contribution in [0.5, 0.6) is 0 Å². The number of hydrogen-bond acceptors (Lipinski definition) is 4. The van der Waals surface area contributed by atoms with Gasteiger partial charge in [-0.1, -0.05) is 23.7 Å². The lowest BCUT2D eigenvalue weighted by molar-refractivity contribution is 0.921. The number of fused-ring (bicyclic) bond motifs is 2. The summed E-state index contributed by atoms with van der Waals surface area (Å²) in [6.07, 6.45) is 2.64. The van der Waals surface area contributed by atoms with Crippen molar-refractivity contribution in [2.45, 2.75) is 13.0 Å². The minimum absolute atomic E-state index is 0.675. The second-order valence-electron chi connectivity index (χ2n) is 5.94. The third-order valence-corrected chi connectivity index (χ3v) is 4.74. The Labute approximate surface area is 145 Å². The number of anilines is 2. The average molecular weight is 338 g/mol. The first-order valence-corrected chi connectivity index (χ1v) is 8.19. The molecule has 1 N–H and O–H groups in total. The summed E-state index contributed by atoms with van der Waals surface area (Å²) in [5.41, 5.74) is 4.84. The molecule has 0 fully saturated rings. The fourth-order valence-electron chi connectivity index (χ4n) is 3.31. The second kappa shape index (κ2) is 5.73. The number of pyridine rings is 1. The quantitative estimate of drug-likeness (QED) is 0.795. The molecule has 3 aromatic rings. The number of nitrogens with one attached hydrogen (secondary N) is 1. The minimum atomic E-state index is 0.675. The highest BCUT2D eigenvalue weighted by atomic mass is 35.5. The molecule has 2 aromatic heterocycles. The Hall–Kier alpha value is -2.71. The zero-order valence-electron chi connectivity index (χ0n) is 13.3. The molecule has 0 unspecified atom stereocenters. The van der Waals surface area contributed by atoms with E-state index in [1.165, 1.54) is 0 Å². The standard InChI is InChI=1S/C18H16ClN5/c1-23-9-7-14-17(23)15(10-20)16-6-8-22-24(16)18(14)21-11-12-2-4-13(19)5-3-12/h2-6,8,21H,7,9,11H2,1H3. The normalized spacial score (nSPS) is 13.1. The van der Waals surface area contributed by atoms with E-state index in [0.717, 1.165) is 46.1 Å². The van der Waals surface area contributed by atoms with E-state index >= 15 is 0 Å². The number of aromatic nitrogens is 2. The molecule has 1 aliphatic heterocycles. The molecule has 0 saturated heterocycles. The molecule has 4 rings (SSSR count). The van der Waals surface area contributed by atoms with Gasteiger partial charge in [-0.15, -0.1) is 0 Å². The fourth-order valence-corrected chi connectivity index (χ4v) is 3.44. The van der Waals surface area contributed by atoms with Crippen LogP contribution in [0, 0.1) is 11.3 Å². The van der Waals surface area contributed by atoms with Crippen molar-refractivity contribution in [1.29, 1.82) is 5.26 Å². The second-order valence-corrected chi connectivity index (χ2v) is 6.38. The SMILES string of the molecule is CN1CCc2c1c(C#N)c1ccnn1c2NCc1ccc(Cl)cc1. The van der Waals surface area contributed by atoms with Crippen molar-refractivity contribution in [1.82, 2.24) is 9.61 Å². The van der Waals surface area contributed by atoms with E-state index in [-0.39, 0.29) is 0 Å². The molecule has 0 saturated carbocycles. The van der Waals surface area contributed by atoms with Gasteiger partial charge in [-0.2, -0.15) is 10.4 Å². The van der Waals surface area contributed by atoms with Gasteiger partial charge in [0.05, 0.1) is 17.4 Å². The van der Waals surface area contributed by atoms with Crippen LogP contribution in [0.25, 0.3) is 5.52 Å². The monoisotopic (exact) mass is 337 g/mol. The molecule has 5 nitrogen and oxygen atoms in total. The van der Waals surface area contributed by atoms with E-state index in [1.54, 1.807) is 6.20 Å². The molecule has 0 spiro atoms. The van der Waals surface area contributed by atoms with E-state index in [4.69, 9.17) is 11.6 Å². The van der Waals surface area contributed by atoms with Crippen molar-refractivity contribution in [2.24, 2.45) is 0 Å². The molecule has 120 valence electrons. The van der Waals surface area contributed by atoms with E-state index in [9.17, 15) is 5.26 Å². The molecule has 0 radical (unpaired) electrons. The third-order valence-electron chi connectivity index (χ3n) is 4.48. The van der Waals surface area contributed by atoms with Crippen LogP contribution in [0.4, 0.5) is 11.5 Å². The number of hydrogen-bond donors (Lipinski definition) is 1. The summed E-state index contributed by atoms with van der Waals surface area (Å²) in [6, 6.07) is 12.0. The predicted molar refractivity (Wildman–Crippen MR) is 95.7 cm³/mol. The number of halogens is 1. The van der Waals surface area contributed by atoms with Crippen LogP contribution < -0.4 is 10.2 Å². The number of likely N-dealkylation sites (N-methyl/N-ethyl adjacent to an activating group) is 1. The Bertz CT molecular complexity index is 952. The van der Waals surface area contributed by atoms with Gasteiger partial charge in [0.2, 0.25) is 0 Å². The van der Waals surface area contributed by atoms with Gasteiger partial charge in [-0.3, -0.25) is 0 Å². The third kappa shape index (κ3) is 2.27. The van der Waals surface area contributed by atoms with E-state index in [0.29, 0.717) is 12.1 Å². The van der Waals surface area contributed by atoms with Crippen LogP contribution in [-0.2, 0) is 13.0 Å². The highest BCUT2D eigenvalue weighted by Crippen LogP contribution is 2.38. The van der Waals surface area contributed by atoms with Crippen LogP contribution >= 0.6 is 11.6 Å². The van der Waals surface area contributed by atoms with Gasteiger partial charge in [0, 0.05) is 30.7 Å². The zero-order chi connectivity index (χ0) is 16.7. The smallest absolute Gasteiger partial charge is 0.133 e. The fraction of sp³-hybridized carbons (Fsp3) is 0.222. The van der Waals surface area contributed by atoms with E-state index < -0.39 is 0 Å². The Morgan fingerprint density at radius 1 is 1.29 bits per heavy atom. The van der Waals surface area contributed by atoms with Gasteiger partial charge in [0.15, 0.2) is 0 Å². The molecule has 1 aliphatic rings. The first-order valence-electron chi connectivity index (χ1n) is 7.81. The van der Waals surface area contributed by atoms with Crippen molar-refractivity contribution >= 4 is 28.6 Å². The molecular weight excluding hydrogens is 322 g/mol. The predicted octanol–water partition coefficient (Wildman–Crippen LogP) is 3.46.